The van der Waals surface area contributed by atoms with Crippen LogP contribution in [0.5, 0.6) is 0 Å². The Bertz CT molecular complexity index is 277. The van der Waals surface area contributed by atoms with Gasteiger partial charge in [0.15, 0.2) is 0 Å². The van der Waals surface area contributed by atoms with E-state index in [-0.39, 0.29) is 24.8 Å². The van der Waals surface area contributed by atoms with E-state index in [1.54, 1.807) is 0 Å². The molecule has 0 aromatic heterocycles. The van der Waals surface area contributed by atoms with Crippen LogP contribution in [0.4, 0.5) is 4.79 Å². The molecule has 1 aliphatic heterocycles. The molecule has 1 saturated carbocycles. The van der Waals surface area contributed by atoms with Gasteiger partial charge in [0, 0.05) is 6.61 Å². The van der Waals surface area contributed by atoms with Gasteiger partial charge in [-0.1, -0.05) is 12.8 Å². The highest BCUT2D eigenvalue weighted by Crippen LogP contribution is 2.29. The third-order valence-electron chi connectivity index (χ3n) is 3.93. The first kappa shape index (κ1) is 12.6. The first-order valence-electron chi connectivity index (χ1n) is 6.46. The second-order valence-electron chi connectivity index (χ2n) is 5.22. The van der Waals surface area contributed by atoms with Crippen molar-refractivity contribution in [2.45, 2.75) is 56.7 Å². The van der Waals surface area contributed by atoms with Crippen molar-refractivity contribution in [3.8, 4) is 0 Å². The van der Waals surface area contributed by atoms with Crippen molar-refractivity contribution in [1.82, 2.24) is 10.6 Å². The summed E-state index contributed by atoms with van der Waals surface area (Å²) in [5.41, 5.74) is -0.396. The van der Waals surface area contributed by atoms with E-state index in [0.717, 1.165) is 32.1 Å². The molecule has 3 N–H and O–H groups in total. The number of hydrogen-bond donors (Lipinski definition) is 3. The minimum absolute atomic E-state index is 0.0249. The molecule has 0 bridgehead atoms. The Labute approximate surface area is 102 Å². The summed E-state index contributed by atoms with van der Waals surface area (Å²) in [6.45, 7) is 2.70. The number of carbonyl (C=O) groups is 1. The molecule has 98 valence electrons. The first-order chi connectivity index (χ1) is 8.15. The molecule has 5 heteroatoms. The summed E-state index contributed by atoms with van der Waals surface area (Å²) in [6, 6.07) is -0.0876. The van der Waals surface area contributed by atoms with Crippen molar-refractivity contribution >= 4 is 6.03 Å². The maximum Gasteiger partial charge on any atom is 0.315 e. The van der Waals surface area contributed by atoms with Crippen LogP contribution in [0, 0.1) is 0 Å². The molecule has 2 aliphatic rings. The summed E-state index contributed by atoms with van der Waals surface area (Å²) in [5.74, 6) is 0. The van der Waals surface area contributed by atoms with Crippen molar-refractivity contribution in [3.63, 3.8) is 0 Å². The van der Waals surface area contributed by atoms with Gasteiger partial charge in [0.1, 0.15) is 0 Å². The van der Waals surface area contributed by atoms with Gasteiger partial charge in [0.2, 0.25) is 0 Å². The van der Waals surface area contributed by atoms with Gasteiger partial charge in [0.05, 0.1) is 24.3 Å². The maximum absolute atomic E-state index is 11.9. The number of aliphatic hydroxyl groups excluding tert-OH is 1. The van der Waals surface area contributed by atoms with Gasteiger partial charge in [0.25, 0.3) is 0 Å². The largest absolute Gasteiger partial charge is 0.394 e. The summed E-state index contributed by atoms with van der Waals surface area (Å²) >= 11 is 0. The van der Waals surface area contributed by atoms with Crippen LogP contribution >= 0.6 is 0 Å². The maximum atomic E-state index is 11.9. The highest BCUT2D eigenvalue weighted by Gasteiger charge is 2.35. The van der Waals surface area contributed by atoms with Gasteiger partial charge < -0.3 is 20.5 Å². The van der Waals surface area contributed by atoms with E-state index in [2.05, 4.69) is 10.6 Å². The predicted molar refractivity (Wildman–Crippen MR) is 63.8 cm³/mol. The molecule has 1 heterocycles. The third-order valence-corrected chi connectivity index (χ3v) is 3.93. The molecular formula is C12H22N2O3. The Hall–Kier alpha value is -0.810. The molecule has 0 aromatic carbocycles. The molecule has 2 unspecified atom stereocenters. The predicted octanol–water partition coefficient (Wildman–Crippen LogP) is 0.768. The lowest BCUT2D eigenvalue weighted by Gasteiger charge is -2.29. The molecule has 2 atom stereocenters. The van der Waals surface area contributed by atoms with Crippen LogP contribution in [-0.4, -0.2) is 42.0 Å². The molecule has 1 aliphatic carbocycles. The highest BCUT2D eigenvalue weighted by atomic mass is 16.5. The quantitative estimate of drug-likeness (QED) is 0.684. The van der Waals surface area contributed by atoms with E-state index >= 15 is 0 Å². The highest BCUT2D eigenvalue weighted by molar-refractivity contribution is 5.75. The fourth-order valence-electron chi connectivity index (χ4n) is 2.74. The lowest BCUT2D eigenvalue weighted by atomic mass is 9.99. The van der Waals surface area contributed by atoms with Gasteiger partial charge >= 0.3 is 6.03 Å². The molecule has 0 spiro atoms. The normalized spacial score (nSPS) is 31.4. The van der Waals surface area contributed by atoms with Crippen molar-refractivity contribution in [3.05, 3.63) is 0 Å². The molecule has 17 heavy (non-hydrogen) atoms. The molecule has 0 radical (unpaired) electrons. The summed E-state index contributed by atoms with van der Waals surface area (Å²) in [7, 11) is 0. The lowest BCUT2D eigenvalue weighted by molar-refractivity contribution is 0.112. The van der Waals surface area contributed by atoms with Gasteiger partial charge in [-0.3, -0.25) is 0 Å². The number of nitrogens with one attached hydrogen (secondary N) is 2. The van der Waals surface area contributed by atoms with Crippen molar-refractivity contribution in [2.75, 3.05) is 13.2 Å². The van der Waals surface area contributed by atoms with Crippen LogP contribution in [0.3, 0.4) is 0 Å². The average Bonchev–Trinajstić information content (AvgIpc) is 2.90. The Morgan fingerprint density at radius 1 is 1.47 bits per heavy atom. The summed E-state index contributed by atoms with van der Waals surface area (Å²) in [4.78, 5) is 11.9. The van der Waals surface area contributed by atoms with Crippen molar-refractivity contribution in [1.29, 1.82) is 0 Å². The number of rotatable bonds is 3. The van der Waals surface area contributed by atoms with E-state index in [9.17, 15) is 9.90 Å². The number of carbonyl (C=O) groups excluding carboxylic acids is 1. The van der Waals surface area contributed by atoms with Crippen LogP contribution < -0.4 is 10.6 Å². The van der Waals surface area contributed by atoms with Crippen LogP contribution in [0.1, 0.15) is 39.0 Å². The SMILES string of the molecule is CC1OCCC1NC(=O)NC1(CO)CCCC1. The molecule has 5 nitrogen and oxygen atoms in total. The Morgan fingerprint density at radius 2 is 2.18 bits per heavy atom. The molecular weight excluding hydrogens is 220 g/mol. The van der Waals surface area contributed by atoms with Gasteiger partial charge in [-0.05, 0) is 26.2 Å². The standard InChI is InChI=1S/C12H22N2O3/c1-9-10(4-7-17-9)13-11(16)14-12(8-15)5-2-3-6-12/h9-10,15H,2-8H2,1H3,(H2,13,14,16). The second kappa shape index (κ2) is 5.23. The minimum Gasteiger partial charge on any atom is -0.394 e. The third kappa shape index (κ3) is 2.90. The molecule has 2 rings (SSSR count). The molecule has 1 saturated heterocycles. The van der Waals surface area contributed by atoms with Gasteiger partial charge in [-0.15, -0.1) is 0 Å². The lowest BCUT2D eigenvalue weighted by Crippen LogP contribution is -2.55. The number of ether oxygens (including phenoxy) is 1. The molecule has 0 aromatic rings. The Balaban J connectivity index is 1.83. The van der Waals surface area contributed by atoms with Crippen LogP contribution in [0.15, 0.2) is 0 Å². The van der Waals surface area contributed by atoms with E-state index in [1.165, 1.54) is 0 Å². The zero-order valence-corrected chi connectivity index (χ0v) is 10.4. The summed E-state index contributed by atoms with van der Waals surface area (Å²) < 4.78 is 5.40. The fraction of sp³-hybridized carbons (Fsp3) is 0.917. The van der Waals surface area contributed by atoms with Gasteiger partial charge in [-0.25, -0.2) is 4.79 Å². The summed E-state index contributed by atoms with van der Waals surface area (Å²) in [6.07, 6.45) is 4.82. The minimum atomic E-state index is -0.396. The van der Waals surface area contributed by atoms with Gasteiger partial charge in [-0.2, -0.15) is 0 Å². The number of amides is 2. The first-order valence-corrected chi connectivity index (χ1v) is 6.46. The topological polar surface area (TPSA) is 70.6 Å². The Kier molecular flexibility index (Phi) is 3.89. The fourth-order valence-corrected chi connectivity index (χ4v) is 2.74. The van der Waals surface area contributed by atoms with E-state index in [4.69, 9.17) is 4.74 Å². The van der Waals surface area contributed by atoms with Crippen LogP contribution in [-0.2, 0) is 4.74 Å². The van der Waals surface area contributed by atoms with Crippen molar-refractivity contribution in [2.24, 2.45) is 0 Å². The van der Waals surface area contributed by atoms with E-state index < -0.39 is 5.54 Å². The zero-order chi connectivity index (χ0) is 12.3. The zero-order valence-electron chi connectivity index (χ0n) is 10.4. The smallest absolute Gasteiger partial charge is 0.315 e. The number of hydrogen-bond acceptors (Lipinski definition) is 3. The van der Waals surface area contributed by atoms with E-state index in [0.29, 0.717) is 6.61 Å². The molecule has 2 amide bonds. The number of aliphatic hydroxyl groups is 1. The van der Waals surface area contributed by atoms with Crippen molar-refractivity contribution < 1.29 is 14.6 Å². The van der Waals surface area contributed by atoms with Crippen LogP contribution in [0.25, 0.3) is 0 Å². The second-order valence-corrected chi connectivity index (χ2v) is 5.22. The molecule has 2 fully saturated rings. The number of urea groups is 1. The summed E-state index contributed by atoms with van der Waals surface area (Å²) in [5, 5.41) is 15.3. The monoisotopic (exact) mass is 242 g/mol. The van der Waals surface area contributed by atoms with E-state index in [1.807, 2.05) is 6.92 Å². The van der Waals surface area contributed by atoms with Crippen LogP contribution in [0.2, 0.25) is 0 Å². The average molecular weight is 242 g/mol. The Morgan fingerprint density at radius 3 is 2.71 bits per heavy atom.